The van der Waals surface area contributed by atoms with Gasteiger partial charge in [0, 0.05) is 20.1 Å². The maximum atomic E-state index is 9.47. The summed E-state index contributed by atoms with van der Waals surface area (Å²) in [5.41, 5.74) is 1.13. The van der Waals surface area contributed by atoms with Crippen LogP contribution in [0.25, 0.3) is 0 Å². The fraction of sp³-hybridized carbons (Fsp3) is 0.647. The molecule has 0 bridgehead atoms. The van der Waals surface area contributed by atoms with Gasteiger partial charge in [0.15, 0.2) is 17.8 Å². The molecule has 0 aromatic heterocycles. The van der Waals surface area contributed by atoms with Gasteiger partial charge in [0.25, 0.3) is 0 Å². The molecule has 120 valence electrons. The number of rotatable bonds is 9. The van der Waals surface area contributed by atoms with Crippen molar-refractivity contribution in [1.29, 1.82) is 0 Å². The van der Waals surface area contributed by atoms with Crippen LogP contribution in [0.1, 0.15) is 32.8 Å². The first-order valence-electron chi connectivity index (χ1n) is 7.52. The van der Waals surface area contributed by atoms with E-state index in [0.29, 0.717) is 17.4 Å². The van der Waals surface area contributed by atoms with E-state index < -0.39 is 0 Å². The summed E-state index contributed by atoms with van der Waals surface area (Å²) in [6, 6.07) is 5.90. The van der Waals surface area contributed by atoms with Gasteiger partial charge < -0.3 is 19.3 Å². The lowest BCUT2D eigenvalue weighted by atomic mass is 9.90. The summed E-state index contributed by atoms with van der Waals surface area (Å²) in [7, 11) is 3.26. The van der Waals surface area contributed by atoms with E-state index in [1.54, 1.807) is 14.2 Å². The quantitative estimate of drug-likeness (QED) is 0.711. The van der Waals surface area contributed by atoms with E-state index in [-0.39, 0.29) is 18.8 Å². The Kier molecular flexibility index (Phi) is 7.54. The lowest BCUT2D eigenvalue weighted by molar-refractivity contribution is -0.0560. The van der Waals surface area contributed by atoms with Gasteiger partial charge in [-0.05, 0) is 36.0 Å². The van der Waals surface area contributed by atoms with E-state index in [1.807, 2.05) is 25.1 Å². The predicted molar refractivity (Wildman–Crippen MR) is 83.8 cm³/mol. The molecule has 1 N–H and O–H groups in total. The van der Waals surface area contributed by atoms with Crippen molar-refractivity contribution in [2.45, 2.75) is 39.9 Å². The molecule has 0 saturated heterocycles. The normalized spacial score (nSPS) is 14.0. The van der Waals surface area contributed by atoms with Gasteiger partial charge in [-0.3, -0.25) is 0 Å². The molecule has 21 heavy (non-hydrogen) atoms. The van der Waals surface area contributed by atoms with Crippen LogP contribution in [0, 0.1) is 11.8 Å². The zero-order valence-electron chi connectivity index (χ0n) is 13.8. The summed E-state index contributed by atoms with van der Waals surface area (Å²) < 4.78 is 16.4. The van der Waals surface area contributed by atoms with Gasteiger partial charge in [0.2, 0.25) is 0 Å². The van der Waals surface area contributed by atoms with E-state index in [9.17, 15) is 5.11 Å². The van der Waals surface area contributed by atoms with Gasteiger partial charge in [0.05, 0.1) is 7.11 Å². The highest BCUT2D eigenvalue weighted by Gasteiger charge is 2.16. The maximum Gasteiger partial charge on any atom is 0.199 e. The number of benzene rings is 1. The van der Waals surface area contributed by atoms with Crippen LogP contribution in [0.5, 0.6) is 11.5 Å². The molecular formula is C17H28O4. The van der Waals surface area contributed by atoms with E-state index in [0.717, 1.165) is 18.4 Å². The van der Waals surface area contributed by atoms with Crippen molar-refractivity contribution >= 4 is 0 Å². The minimum Gasteiger partial charge on any atom is -0.493 e. The highest BCUT2D eigenvalue weighted by atomic mass is 16.7. The molecule has 0 aliphatic heterocycles. The van der Waals surface area contributed by atoms with Crippen molar-refractivity contribution in [2.75, 3.05) is 20.8 Å². The first-order valence-corrected chi connectivity index (χ1v) is 7.52. The molecule has 0 spiro atoms. The molecule has 4 nitrogen and oxygen atoms in total. The topological polar surface area (TPSA) is 47.9 Å². The third-order valence-electron chi connectivity index (χ3n) is 3.76. The monoisotopic (exact) mass is 296 g/mol. The number of hydrogen-bond donors (Lipinski definition) is 1. The van der Waals surface area contributed by atoms with Crippen LogP contribution in [0.2, 0.25) is 0 Å². The molecule has 0 heterocycles. The number of aliphatic hydroxyl groups is 1. The smallest absolute Gasteiger partial charge is 0.199 e. The standard InChI is InChI=1S/C17H28O4/c1-6-17(20-5)21-16-10-13(7-8-15(16)19-4)9-14(11-18)12(2)3/h7-8,10,12,14,17-18H,6,9,11H2,1-5H3. The second-order valence-electron chi connectivity index (χ2n) is 5.57. The van der Waals surface area contributed by atoms with Gasteiger partial charge in [-0.25, -0.2) is 0 Å². The van der Waals surface area contributed by atoms with E-state index >= 15 is 0 Å². The lowest BCUT2D eigenvalue weighted by Gasteiger charge is -2.21. The minimum absolute atomic E-state index is 0.190. The van der Waals surface area contributed by atoms with Crippen molar-refractivity contribution in [3.8, 4) is 11.5 Å². The first-order chi connectivity index (χ1) is 10.0. The number of hydrogen-bond acceptors (Lipinski definition) is 4. The second kappa shape index (κ2) is 8.90. The average Bonchev–Trinajstić information content (AvgIpc) is 2.49. The number of methoxy groups -OCH3 is 2. The maximum absolute atomic E-state index is 9.47. The van der Waals surface area contributed by atoms with Crippen LogP contribution in [0.4, 0.5) is 0 Å². The Bertz CT molecular complexity index is 413. The van der Waals surface area contributed by atoms with Crippen LogP contribution in [0.15, 0.2) is 18.2 Å². The molecule has 0 radical (unpaired) electrons. The lowest BCUT2D eigenvalue weighted by Crippen LogP contribution is -2.18. The van der Waals surface area contributed by atoms with E-state index in [4.69, 9.17) is 14.2 Å². The molecule has 0 fully saturated rings. The minimum atomic E-state index is -0.284. The molecule has 0 aliphatic rings. The van der Waals surface area contributed by atoms with Gasteiger partial charge >= 0.3 is 0 Å². The Hall–Kier alpha value is -1.26. The fourth-order valence-corrected chi connectivity index (χ4v) is 2.19. The van der Waals surface area contributed by atoms with Gasteiger partial charge in [0.1, 0.15) is 0 Å². The Balaban J connectivity index is 2.93. The summed E-state index contributed by atoms with van der Waals surface area (Å²) in [6.45, 7) is 6.44. The molecule has 0 amide bonds. The van der Waals surface area contributed by atoms with Crippen molar-refractivity contribution in [2.24, 2.45) is 11.8 Å². The summed E-state index contributed by atoms with van der Waals surface area (Å²) in [5, 5.41) is 9.47. The van der Waals surface area contributed by atoms with Gasteiger partial charge in [-0.1, -0.05) is 26.8 Å². The molecule has 0 aliphatic carbocycles. The molecule has 2 atom stereocenters. The third-order valence-corrected chi connectivity index (χ3v) is 3.76. The summed E-state index contributed by atoms with van der Waals surface area (Å²) in [6.07, 6.45) is 1.29. The highest BCUT2D eigenvalue weighted by Crippen LogP contribution is 2.31. The van der Waals surface area contributed by atoms with Crippen LogP contribution >= 0.6 is 0 Å². The van der Waals surface area contributed by atoms with Crippen LogP contribution in [-0.4, -0.2) is 32.2 Å². The summed E-state index contributed by atoms with van der Waals surface area (Å²) in [5.74, 6) is 2.06. The highest BCUT2D eigenvalue weighted by molar-refractivity contribution is 5.43. The van der Waals surface area contributed by atoms with Crippen molar-refractivity contribution in [3.63, 3.8) is 0 Å². The fourth-order valence-electron chi connectivity index (χ4n) is 2.19. The molecular weight excluding hydrogens is 268 g/mol. The number of aliphatic hydroxyl groups excluding tert-OH is 1. The zero-order valence-corrected chi connectivity index (χ0v) is 13.8. The van der Waals surface area contributed by atoms with E-state index in [2.05, 4.69) is 13.8 Å². The molecule has 1 aromatic rings. The summed E-state index contributed by atoms with van der Waals surface area (Å²) in [4.78, 5) is 0. The Morgan fingerprint density at radius 3 is 2.33 bits per heavy atom. The van der Waals surface area contributed by atoms with Crippen LogP contribution in [-0.2, 0) is 11.2 Å². The molecule has 4 heteroatoms. The molecule has 1 aromatic carbocycles. The average molecular weight is 296 g/mol. The largest absolute Gasteiger partial charge is 0.493 e. The van der Waals surface area contributed by atoms with E-state index in [1.165, 1.54) is 0 Å². The van der Waals surface area contributed by atoms with Crippen LogP contribution in [0.3, 0.4) is 0 Å². The van der Waals surface area contributed by atoms with Crippen molar-refractivity contribution in [1.82, 2.24) is 0 Å². The number of ether oxygens (including phenoxy) is 3. The third kappa shape index (κ3) is 5.21. The SMILES string of the molecule is CCC(OC)Oc1cc(CC(CO)C(C)C)ccc1OC. The van der Waals surface area contributed by atoms with Crippen LogP contribution < -0.4 is 9.47 Å². The first kappa shape index (κ1) is 17.8. The van der Waals surface area contributed by atoms with Gasteiger partial charge in [-0.2, -0.15) is 0 Å². The van der Waals surface area contributed by atoms with Crippen molar-refractivity contribution in [3.05, 3.63) is 23.8 Å². The molecule has 1 rings (SSSR count). The predicted octanol–water partition coefficient (Wildman–Crippen LogP) is 3.26. The van der Waals surface area contributed by atoms with Crippen molar-refractivity contribution < 1.29 is 19.3 Å². The Morgan fingerprint density at radius 2 is 1.86 bits per heavy atom. The van der Waals surface area contributed by atoms with Gasteiger partial charge in [-0.15, -0.1) is 0 Å². The Labute approximate surface area is 128 Å². The molecule has 0 saturated carbocycles. The Morgan fingerprint density at radius 1 is 1.14 bits per heavy atom. The second-order valence-corrected chi connectivity index (χ2v) is 5.57. The zero-order chi connectivity index (χ0) is 15.8. The summed E-state index contributed by atoms with van der Waals surface area (Å²) >= 11 is 0. The molecule has 2 unspecified atom stereocenters.